The van der Waals surface area contributed by atoms with Crippen molar-refractivity contribution in [2.45, 2.75) is 58.1 Å². The van der Waals surface area contributed by atoms with Crippen LogP contribution in [0.5, 0.6) is 0 Å². The van der Waals surface area contributed by atoms with Crippen LogP contribution in [0.25, 0.3) is 0 Å². The molecule has 5 nitrogen and oxygen atoms in total. The van der Waals surface area contributed by atoms with Crippen LogP contribution in [0.1, 0.15) is 40.5 Å². The van der Waals surface area contributed by atoms with Crippen LogP contribution in [0, 0.1) is 5.41 Å². The lowest BCUT2D eigenvalue weighted by atomic mass is 9.57. The number of hydrogen-bond donors (Lipinski definition) is 0. The molecule has 1 saturated heterocycles. The van der Waals surface area contributed by atoms with Gasteiger partial charge < -0.3 is 14.0 Å². The molecule has 0 radical (unpaired) electrons. The van der Waals surface area contributed by atoms with E-state index in [0.29, 0.717) is 6.32 Å². The Morgan fingerprint density at radius 2 is 1.68 bits per heavy atom. The first kappa shape index (κ1) is 14.5. The van der Waals surface area contributed by atoms with Crippen molar-refractivity contribution in [3.05, 3.63) is 0 Å². The first-order valence-electron chi connectivity index (χ1n) is 6.58. The molecule has 0 unspecified atom stereocenters. The minimum atomic E-state index is -0.757. The molecule has 1 aliphatic heterocycles. The van der Waals surface area contributed by atoms with Gasteiger partial charge in [0.15, 0.2) is 0 Å². The fraction of sp³-hybridized carbons (Fsp3) is 0.846. The molecule has 2 rings (SSSR count). The van der Waals surface area contributed by atoms with E-state index in [9.17, 15) is 9.59 Å². The van der Waals surface area contributed by atoms with Gasteiger partial charge in [-0.2, -0.15) is 0 Å². The highest BCUT2D eigenvalue weighted by atomic mass is 16.7. The van der Waals surface area contributed by atoms with E-state index in [1.54, 1.807) is 0 Å². The second-order valence-corrected chi connectivity index (χ2v) is 6.55. The van der Waals surface area contributed by atoms with Crippen LogP contribution in [0.2, 0.25) is 6.32 Å². The van der Waals surface area contributed by atoms with E-state index in [-0.39, 0.29) is 24.6 Å². The molecule has 0 amide bonds. The van der Waals surface area contributed by atoms with E-state index in [1.165, 1.54) is 7.11 Å². The second-order valence-electron chi connectivity index (χ2n) is 6.55. The van der Waals surface area contributed by atoms with Crippen molar-refractivity contribution in [1.82, 2.24) is 0 Å². The summed E-state index contributed by atoms with van der Waals surface area (Å²) in [5.41, 5.74) is -1.61. The Labute approximate surface area is 114 Å². The van der Waals surface area contributed by atoms with Gasteiger partial charge in [0.2, 0.25) is 0 Å². The molecular weight excluding hydrogens is 247 g/mol. The predicted octanol–water partition coefficient (Wildman–Crippen LogP) is 1.60. The topological polar surface area (TPSA) is 61.8 Å². The third kappa shape index (κ3) is 2.32. The van der Waals surface area contributed by atoms with Crippen LogP contribution < -0.4 is 0 Å². The van der Waals surface area contributed by atoms with E-state index in [1.807, 2.05) is 27.7 Å². The van der Waals surface area contributed by atoms with Crippen molar-refractivity contribution in [3.8, 4) is 0 Å². The van der Waals surface area contributed by atoms with Crippen LogP contribution in [0.15, 0.2) is 0 Å². The molecule has 2 aliphatic rings. The van der Waals surface area contributed by atoms with Crippen LogP contribution >= 0.6 is 0 Å². The molecule has 0 spiro atoms. The number of methoxy groups -OCH3 is 1. The maximum absolute atomic E-state index is 11.9. The summed E-state index contributed by atoms with van der Waals surface area (Å²) >= 11 is 0. The van der Waals surface area contributed by atoms with E-state index >= 15 is 0 Å². The number of ketones is 1. The highest BCUT2D eigenvalue weighted by Crippen LogP contribution is 2.47. The lowest BCUT2D eigenvalue weighted by Crippen LogP contribution is -2.48. The molecule has 0 atom stereocenters. The molecule has 0 aromatic rings. The lowest BCUT2D eigenvalue weighted by molar-refractivity contribution is -0.162. The Morgan fingerprint density at radius 3 is 2.05 bits per heavy atom. The molecule has 106 valence electrons. The Bertz CT molecular complexity index is 391. The van der Waals surface area contributed by atoms with Gasteiger partial charge in [-0.3, -0.25) is 9.59 Å². The summed E-state index contributed by atoms with van der Waals surface area (Å²) < 4.78 is 16.6. The first-order valence-corrected chi connectivity index (χ1v) is 6.58. The largest absolute Gasteiger partial charge is 0.469 e. The van der Waals surface area contributed by atoms with Gasteiger partial charge in [-0.25, -0.2) is 0 Å². The SMILES string of the molecule is COC(=O)C1(CB2OC(C)(C)C(C)(C)O2)CC(=O)C1. The highest BCUT2D eigenvalue weighted by molar-refractivity contribution is 6.46. The fourth-order valence-corrected chi connectivity index (χ4v) is 2.66. The number of ether oxygens (including phenoxy) is 1. The number of esters is 1. The Hall–Kier alpha value is -0.875. The number of carbonyl (C=O) groups excluding carboxylic acids is 2. The maximum Gasteiger partial charge on any atom is 0.459 e. The van der Waals surface area contributed by atoms with Crippen molar-refractivity contribution in [3.63, 3.8) is 0 Å². The molecule has 0 aromatic carbocycles. The average molecular weight is 268 g/mol. The Morgan fingerprint density at radius 1 is 1.21 bits per heavy atom. The van der Waals surface area contributed by atoms with Gasteiger partial charge in [-0.05, 0) is 34.0 Å². The zero-order valence-corrected chi connectivity index (χ0v) is 12.2. The summed E-state index contributed by atoms with van der Waals surface area (Å²) in [6.07, 6.45) is 0.825. The lowest BCUT2D eigenvalue weighted by Gasteiger charge is -2.37. The van der Waals surface area contributed by atoms with Gasteiger partial charge in [-0.15, -0.1) is 0 Å². The van der Waals surface area contributed by atoms with Gasteiger partial charge in [0.25, 0.3) is 0 Å². The van der Waals surface area contributed by atoms with Crippen molar-refractivity contribution in [1.29, 1.82) is 0 Å². The summed E-state index contributed by atoms with van der Waals surface area (Å²) in [5.74, 6) is -0.260. The third-order valence-corrected chi connectivity index (χ3v) is 4.55. The monoisotopic (exact) mass is 268 g/mol. The van der Waals surface area contributed by atoms with Gasteiger partial charge in [0.1, 0.15) is 5.78 Å². The molecule has 0 N–H and O–H groups in total. The number of rotatable bonds is 3. The van der Waals surface area contributed by atoms with Crippen LogP contribution in [-0.4, -0.2) is 37.2 Å². The quantitative estimate of drug-likeness (QED) is 0.574. The minimum absolute atomic E-state index is 0.0851. The molecule has 1 aliphatic carbocycles. The molecule has 2 fully saturated rings. The summed E-state index contributed by atoms with van der Waals surface area (Å²) in [5, 5.41) is 0. The molecule has 19 heavy (non-hydrogen) atoms. The van der Waals surface area contributed by atoms with E-state index in [4.69, 9.17) is 14.0 Å². The van der Waals surface area contributed by atoms with Crippen molar-refractivity contribution in [2.75, 3.05) is 7.11 Å². The number of Topliss-reactive ketones (excluding diaryl/α,β-unsaturated/α-hetero) is 1. The predicted molar refractivity (Wildman–Crippen MR) is 69.6 cm³/mol. The second kappa shape index (κ2) is 4.31. The number of carbonyl (C=O) groups is 2. The zero-order valence-electron chi connectivity index (χ0n) is 12.2. The molecule has 0 aromatic heterocycles. The standard InChI is InChI=1S/C13H21BO5/c1-11(2)12(3,4)19-14(18-11)8-13(10(16)17-5)6-9(15)7-13/h6-8H2,1-5H3. The van der Waals surface area contributed by atoms with Gasteiger partial charge in [0, 0.05) is 12.8 Å². The maximum atomic E-state index is 11.9. The molecule has 1 saturated carbocycles. The smallest absolute Gasteiger partial charge is 0.459 e. The fourth-order valence-electron chi connectivity index (χ4n) is 2.66. The normalized spacial score (nSPS) is 27.0. The van der Waals surface area contributed by atoms with E-state index in [2.05, 4.69) is 0 Å². The summed E-state index contributed by atoms with van der Waals surface area (Å²) in [4.78, 5) is 23.2. The van der Waals surface area contributed by atoms with Gasteiger partial charge in [0.05, 0.1) is 23.7 Å². The van der Waals surface area contributed by atoms with Crippen molar-refractivity contribution in [2.24, 2.45) is 5.41 Å². The molecule has 1 heterocycles. The van der Waals surface area contributed by atoms with Gasteiger partial charge in [-0.1, -0.05) is 0 Å². The highest BCUT2D eigenvalue weighted by Gasteiger charge is 2.58. The zero-order chi connectivity index (χ0) is 14.5. The van der Waals surface area contributed by atoms with Crippen LogP contribution in [0.3, 0.4) is 0 Å². The minimum Gasteiger partial charge on any atom is -0.469 e. The van der Waals surface area contributed by atoms with E-state index < -0.39 is 23.7 Å². The van der Waals surface area contributed by atoms with Crippen molar-refractivity contribution >= 4 is 18.9 Å². The third-order valence-electron chi connectivity index (χ3n) is 4.55. The molecule has 0 bridgehead atoms. The average Bonchev–Trinajstić information content (AvgIpc) is 2.43. The van der Waals surface area contributed by atoms with E-state index in [0.717, 1.165) is 0 Å². The number of hydrogen-bond acceptors (Lipinski definition) is 5. The first-order chi connectivity index (χ1) is 8.62. The molecular formula is C13H21BO5. The van der Waals surface area contributed by atoms with Crippen molar-refractivity contribution < 1.29 is 23.6 Å². The molecule has 6 heteroatoms. The summed E-state index contributed by atoms with van der Waals surface area (Å²) in [6.45, 7) is 7.85. The Balaban J connectivity index is 2.09. The van der Waals surface area contributed by atoms with Crippen LogP contribution in [0.4, 0.5) is 0 Å². The summed E-state index contributed by atoms with van der Waals surface area (Å²) in [7, 11) is 0.870. The van der Waals surface area contributed by atoms with Crippen LogP contribution in [-0.2, 0) is 23.6 Å². The Kier molecular flexibility index (Phi) is 3.30. The summed E-state index contributed by atoms with van der Waals surface area (Å²) in [6, 6.07) is 0. The van der Waals surface area contributed by atoms with Gasteiger partial charge >= 0.3 is 13.1 Å².